The molecule has 0 amide bonds. The summed E-state index contributed by atoms with van der Waals surface area (Å²) in [7, 11) is 0. The maximum atomic E-state index is 5.84. The van der Waals surface area contributed by atoms with Crippen LogP contribution >= 0.6 is 15.9 Å². The Morgan fingerprint density at radius 3 is 2.38 bits per heavy atom. The molecule has 16 heavy (non-hydrogen) atoms. The molecule has 94 valence electrons. The van der Waals surface area contributed by atoms with E-state index in [4.69, 9.17) is 4.74 Å². The van der Waals surface area contributed by atoms with Gasteiger partial charge in [0.15, 0.2) is 0 Å². The SMILES string of the molecule is C=C(C)CCOCC1(CBr)CCCCCC1. The van der Waals surface area contributed by atoms with Crippen LogP contribution in [0.25, 0.3) is 0 Å². The van der Waals surface area contributed by atoms with Crippen LogP contribution in [-0.4, -0.2) is 18.5 Å². The van der Waals surface area contributed by atoms with Gasteiger partial charge in [-0.3, -0.25) is 0 Å². The Labute approximate surface area is 109 Å². The van der Waals surface area contributed by atoms with Crippen LogP contribution in [0.4, 0.5) is 0 Å². The van der Waals surface area contributed by atoms with Crippen LogP contribution in [0.2, 0.25) is 0 Å². The number of ether oxygens (including phenoxy) is 1. The second-order valence-corrected chi connectivity index (χ2v) is 5.87. The van der Waals surface area contributed by atoms with Gasteiger partial charge in [-0.05, 0) is 26.2 Å². The Hall–Kier alpha value is 0.180. The van der Waals surface area contributed by atoms with E-state index in [9.17, 15) is 0 Å². The highest BCUT2D eigenvalue weighted by Gasteiger charge is 2.29. The van der Waals surface area contributed by atoms with Gasteiger partial charge in [0, 0.05) is 10.7 Å². The monoisotopic (exact) mass is 288 g/mol. The van der Waals surface area contributed by atoms with E-state index in [-0.39, 0.29) is 0 Å². The first-order valence-corrected chi connectivity index (χ1v) is 7.59. The van der Waals surface area contributed by atoms with E-state index in [0.717, 1.165) is 25.0 Å². The Balaban J connectivity index is 2.30. The van der Waals surface area contributed by atoms with Crippen molar-refractivity contribution in [2.24, 2.45) is 5.41 Å². The first-order valence-electron chi connectivity index (χ1n) is 6.47. The maximum absolute atomic E-state index is 5.84. The van der Waals surface area contributed by atoms with Crippen molar-refractivity contribution in [2.45, 2.75) is 51.9 Å². The Morgan fingerprint density at radius 1 is 1.25 bits per heavy atom. The zero-order valence-corrected chi connectivity index (χ0v) is 12.2. The van der Waals surface area contributed by atoms with E-state index in [1.807, 2.05) is 0 Å². The van der Waals surface area contributed by atoms with Crippen molar-refractivity contribution in [3.05, 3.63) is 12.2 Å². The number of rotatable bonds is 6. The van der Waals surface area contributed by atoms with E-state index in [2.05, 4.69) is 29.4 Å². The van der Waals surface area contributed by atoms with Crippen LogP contribution < -0.4 is 0 Å². The third-order valence-corrected chi connectivity index (χ3v) is 4.72. The van der Waals surface area contributed by atoms with Crippen molar-refractivity contribution in [3.63, 3.8) is 0 Å². The zero-order chi connectivity index (χ0) is 11.9. The third-order valence-electron chi connectivity index (χ3n) is 3.53. The predicted molar refractivity (Wildman–Crippen MR) is 74.2 cm³/mol. The molecule has 0 radical (unpaired) electrons. The summed E-state index contributed by atoms with van der Waals surface area (Å²) in [6.45, 7) is 7.73. The standard InChI is InChI=1S/C14H25BrO/c1-13(2)7-10-16-12-14(11-15)8-5-3-4-6-9-14/h1,3-12H2,2H3. The van der Waals surface area contributed by atoms with Crippen molar-refractivity contribution in [3.8, 4) is 0 Å². The van der Waals surface area contributed by atoms with Gasteiger partial charge in [0.1, 0.15) is 0 Å². The quantitative estimate of drug-likeness (QED) is 0.298. The summed E-state index contributed by atoms with van der Waals surface area (Å²) in [4.78, 5) is 0. The van der Waals surface area contributed by atoms with Gasteiger partial charge in [0.05, 0.1) is 13.2 Å². The van der Waals surface area contributed by atoms with Crippen molar-refractivity contribution >= 4 is 15.9 Å². The molecule has 1 aliphatic carbocycles. The van der Waals surface area contributed by atoms with Crippen molar-refractivity contribution < 1.29 is 4.74 Å². The summed E-state index contributed by atoms with van der Waals surface area (Å²) < 4.78 is 5.84. The van der Waals surface area contributed by atoms with Crippen molar-refractivity contribution in [1.29, 1.82) is 0 Å². The normalized spacial score (nSPS) is 20.4. The molecule has 1 fully saturated rings. The number of hydrogen-bond donors (Lipinski definition) is 0. The molecule has 0 N–H and O–H groups in total. The molecular weight excluding hydrogens is 264 g/mol. The highest BCUT2D eigenvalue weighted by molar-refractivity contribution is 9.09. The average Bonchev–Trinajstić information content (AvgIpc) is 2.50. The number of hydrogen-bond acceptors (Lipinski definition) is 1. The summed E-state index contributed by atoms with van der Waals surface area (Å²) in [6.07, 6.45) is 9.20. The smallest absolute Gasteiger partial charge is 0.0530 e. The summed E-state index contributed by atoms with van der Waals surface area (Å²) in [5.74, 6) is 0. The molecule has 0 aliphatic heterocycles. The minimum atomic E-state index is 0.408. The van der Waals surface area contributed by atoms with Gasteiger partial charge in [-0.25, -0.2) is 0 Å². The second kappa shape index (κ2) is 7.50. The molecule has 0 aromatic rings. The first kappa shape index (κ1) is 14.2. The van der Waals surface area contributed by atoms with Crippen LogP contribution in [0.1, 0.15) is 51.9 Å². The lowest BCUT2D eigenvalue weighted by molar-refractivity contribution is 0.0493. The van der Waals surface area contributed by atoms with Crippen molar-refractivity contribution in [2.75, 3.05) is 18.5 Å². The Bertz CT molecular complexity index is 205. The Kier molecular flexibility index (Phi) is 6.67. The molecule has 0 aromatic carbocycles. The van der Waals surface area contributed by atoms with E-state index >= 15 is 0 Å². The molecule has 1 nitrogen and oxygen atoms in total. The fourth-order valence-corrected chi connectivity index (χ4v) is 3.05. The van der Waals surface area contributed by atoms with Crippen molar-refractivity contribution in [1.82, 2.24) is 0 Å². The largest absolute Gasteiger partial charge is 0.381 e. The van der Waals surface area contributed by atoms with Crippen LogP contribution in [0.3, 0.4) is 0 Å². The van der Waals surface area contributed by atoms with Gasteiger partial charge in [0.2, 0.25) is 0 Å². The van der Waals surface area contributed by atoms with Gasteiger partial charge in [-0.1, -0.05) is 47.2 Å². The van der Waals surface area contributed by atoms with Crippen LogP contribution in [-0.2, 0) is 4.74 Å². The van der Waals surface area contributed by atoms with Crippen LogP contribution in [0.15, 0.2) is 12.2 Å². The minimum Gasteiger partial charge on any atom is -0.381 e. The molecule has 1 saturated carbocycles. The van der Waals surface area contributed by atoms with E-state index in [1.165, 1.54) is 44.1 Å². The minimum absolute atomic E-state index is 0.408. The fraction of sp³-hybridized carbons (Fsp3) is 0.857. The van der Waals surface area contributed by atoms with Crippen LogP contribution in [0.5, 0.6) is 0 Å². The summed E-state index contributed by atoms with van der Waals surface area (Å²) in [5, 5.41) is 1.09. The first-order chi connectivity index (χ1) is 7.68. The van der Waals surface area contributed by atoms with E-state index in [1.54, 1.807) is 0 Å². The molecular formula is C14H25BrO. The molecule has 1 aliphatic rings. The summed E-state index contributed by atoms with van der Waals surface area (Å²) in [6, 6.07) is 0. The highest BCUT2D eigenvalue weighted by atomic mass is 79.9. The van der Waals surface area contributed by atoms with Gasteiger partial charge < -0.3 is 4.74 Å². The van der Waals surface area contributed by atoms with E-state index < -0.39 is 0 Å². The van der Waals surface area contributed by atoms with Gasteiger partial charge >= 0.3 is 0 Å². The lowest BCUT2D eigenvalue weighted by Crippen LogP contribution is -2.28. The maximum Gasteiger partial charge on any atom is 0.0530 e. The lowest BCUT2D eigenvalue weighted by Gasteiger charge is -2.30. The van der Waals surface area contributed by atoms with E-state index in [0.29, 0.717) is 5.41 Å². The fourth-order valence-electron chi connectivity index (χ4n) is 2.33. The molecule has 0 saturated heterocycles. The number of alkyl halides is 1. The molecule has 0 spiro atoms. The summed E-state index contributed by atoms with van der Waals surface area (Å²) >= 11 is 3.69. The van der Waals surface area contributed by atoms with Gasteiger partial charge in [-0.15, -0.1) is 6.58 Å². The average molecular weight is 289 g/mol. The number of halogens is 1. The molecule has 0 bridgehead atoms. The second-order valence-electron chi connectivity index (χ2n) is 5.31. The zero-order valence-electron chi connectivity index (χ0n) is 10.6. The summed E-state index contributed by atoms with van der Waals surface area (Å²) in [5.41, 5.74) is 1.62. The molecule has 1 rings (SSSR count). The predicted octanol–water partition coefficient (Wildman–Crippen LogP) is 4.70. The van der Waals surface area contributed by atoms with Gasteiger partial charge in [-0.2, -0.15) is 0 Å². The van der Waals surface area contributed by atoms with Crippen LogP contribution in [0, 0.1) is 5.41 Å². The lowest BCUT2D eigenvalue weighted by atomic mass is 9.83. The topological polar surface area (TPSA) is 9.23 Å². The molecule has 0 heterocycles. The molecule has 0 atom stereocenters. The molecule has 2 heteroatoms. The Morgan fingerprint density at radius 2 is 1.88 bits per heavy atom. The molecule has 0 aromatic heterocycles. The van der Waals surface area contributed by atoms with Gasteiger partial charge in [0.25, 0.3) is 0 Å². The third kappa shape index (κ3) is 5.01. The molecule has 0 unspecified atom stereocenters. The highest BCUT2D eigenvalue weighted by Crippen LogP contribution is 2.36.